The highest BCUT2D eigenvalue weighted by Crippen LogP contribution is 2.20. The number of aliphatic hydroxyl groups excluding tert-OH is 2. The fourth-order valence-electron chi connectivity index (χ4n) is 2.58. The Hall–Kier alpha value is -2.78. The first-order valence-corrected chi connectivity index (χ1v) is 8.66. The van der Waals surface area contributed by atoms with Gasteiger partial charge in [0.1, 0.15) is 6.10 Å². The van der Waals surface area contributed by atoms with Gasteiger partial charge in [-0.05, 0) is 31.4 Å². The first-order chi connectivity index (χ1) is 12.7. The third kappa shape index (κ3) is 5.11. The van der Waals surface area contributed by atoms with Gasteiger partial charge in [-0.15, -0.1) is 0 Å². The minimum atomic E-state index is -1.03. The first kappa shape index (κ1) is 18.0. The van der Waals surface area contributed by atoms with Crippen LogP contribution in [0.15, 0.2) is 35.4 Å². The number of para-hydroxylation sites is 1. The summed E-state index contributed by atoms with van der Waals surface area (Å²) >= 11 is 0. The maximum Gasteiger partial charge on any atom is 0.250 e. The highest BCUT2D eigenvalue weighted by atomic mass is 16.3. The monoisotopic (exact) mass is 357 g/mol. The molecule has 4 N–H and O–H groups in total. The summed E-state index contributed by atoms with van der Waals surface area (Å²) in [6.07, 6.45) is 3.58. The number of nitrogens with one attached hydrogen (secondary N) is 2. The number of anilines is 4. The largest absolute Gasteiger partial charge is 0.393 e. The van der Waals surface area contributed by atoms with Crippen LogP contribution in [0, 0.1) is 0 Å². The minimum absolute atomic E-state index is 0.264. The molecule has 1 atom stereocenters. The molecule has 1 aliphatic rings. The van der Waals surface area contributed by atoms with Crippen molar-refractivity contribution >= 4 is 29.7 Å². The molecule has 0 amide bonds. The quantitative estimate of drug-likeness (QED) is 0.433. The molecule has 138 valence electrons. The van der Waals surface area contributed by atoms with Crippen LogP contribution < -0.4 is 15.6 Å². The fraction of sp³-hybridized carbons (Fsp3) is 0.412. The van der Waals surface area contributed by atoms with E-state index >= 15 is 0 Å². The van der Waals surface area contributed by atoms with Crippen LogP contribution in [0.3, 0.4) is 0 Å². The zero-order valence-corrected chi connectivity index (χ0v) is 14.4. The highest BCUT2D eigenvalue weighted by Gasteiger charge is 2.16. The molecule has 1 saturated heterocycles. The zero-order valence-electron chi connectivity index (χ0n) is 14.4. The molecular weight excluding hydrogens is 334 g/mol. The van der Waals surface area contributed by atoms with Crippen LogP contribution in [0.1, 0.15) is 19.3 Å². The summed E-state index contributed by atoms with van der Waals surface area (Å²) < 4.78 is 0. The van der Waals surface area contributed by atoms with Gasteiger partial charge in [-0.3, -0.25) is 0 Å². The van der Waals surface area contributed by atoms with Crippen molar-refractivity contribution in [3.05, 3.63) is 30.3 Å². The van der Waals surface area contributed by atoms with Gasteiger partial charge in [0.15, 0.2) is 0 Å². The molecule has 1 aromatic heterocycles. The van der Waals surface area contributed by atoms with Gasteiger partial charge in [0.2, 0.25) is 17.8 Å². The summed E-state index contributed by atoms with van der Waals surface area (Å²) in [4.78, 5) is 15.4. The van der Waals surface area contributed by atoms with Crippen LogP contribution in [0.2, 0.25) is 0 Å². The number of rotatable bonds is 7. The summed E-state index contributed by atoms with van der Waals surface area (Å²) in [5, 5.41) is 25.2. The average Bonchev–Trinajstić information content (AvgIpc) is 2.69. The zero-order chi connectivity index (χ0) is 18.2. The predicted molar refractivity (Wildman–Crippen MR) is 101 cm³/mol. The molecule has 26 heavy (non-hydrogen) atoms. The lowest BCUT2D eigenvalue weighted by Crippen LogP contribution is -2.31. The lowest BCUT2D eigenvalue weighted by molar-refractivity contribution is 0.148. The maximum atomic E-state index is 9.33. The van der Waals surface area contributed by atoms with E-state index in [0.717, 1.165) is 31.6 Å². The van der Waals surface area contributed by atoms with Crippen LogP contribution in [0.4, 0.5) is 23.5 Å². The number of benzene rings is 1. The van der Waals surface area contributed by atoms with Gasteiger partial charge < -0.3 is 20.4 Å². The molecule has 0 saturated carbocycles. The van der Waals surface area contributed by atoms with E-state index in [-0.39, 0.29) is 5.95 Å². The molecule has 3 rings (SSSR count). The smallest absolute Gasteiger partial charge is 0.250 e. The van der Waals surface area contributed by atoms with E-state index in [1.165, 1.54) is 12.6 Å². The number of piperidine rings is 1. The molecule has 0 aliphatic carbocycles. The molecule has 0 bridgehead atoms. The molecule has 2 heterocycles. The van der Waals surface area contributed by atoms with E-state index in [1.807, 2.05) is 30.3 Å². The third-order valence-electron chi connectivity index (χ3n) is 3.89. The molecule has 2 aromatic rings. The highest BCUT2D eigenvalue weighted by molar-refractivity contribution is 5.64. The molecule has 1 aliphatic heterocycles. The van der Waals surface area contributed by atoms with Crippen molar-refractivity contribution in [3.63, 3.8) is 0 Å². The predicted octanol–water partition coefficient (Wildman–Crippen LogP) is 1.36. The third-order valence-corrected chi connectivity index (χ3v) is 3.89. The second-order valence-corrected chi connectivity index (χ2v) is 5.96. The average molecular weight is 357 g/mol. The summed E-state index contributed by atoms with van der Waals surface area (Å²) in [6, 6.07) is 9.63. The fourth-order valence-corrected chi connectivity index (χ4v) is 2.58. The van der Waals surface area contributed by atoms with Crippen molar-refractivity contribution in [2.45, 2.75) is 25.4 Å². The molecule has 1 fully saturated rings. The van der Waals surface area contributed by atoms with Crippen LogP contribution in [-0.2, 0) is 0 Å². The SMILES string of the molecule is OC[C@H](O)/C=N\Nc1nc(Nc2ccccc2)nc(N2CCCCC2)n1. The second-order valence-electron chi connectivity index (χ2n) is 5.96. The number of aliphatic hydroxyl groups is 2. The van der Waals surface area contributed by atoms with E-state index in [0.29, 0.717) is 11.9 Å². The van der Waals surface area contributed by atoms with Crippen molar-refractivity contribution in [1.82, 2.24) is 15.0 Å². The number of hydrazone groups is 1. The van der Waals surface area contributed by atoms with Crippen LogP contribution in [0.25, 0.3) is 0 Å². The first-order valence-electron chi connectivity index (χ1n) is 8.66. The molecule has 1 aromatic carbocycles. The van der Waals surface area contributed by atoms with Gasteiger partial charge in [-0.2, -0.15) is 20.1 Å². The Balaban J connectivity index is 1.82. The number of hydrogen-bond donors (Lipinski definition) is 4. The Kier molecular flexibility index (Phi) is 6.29. The van der Waals surface area contributed by atoms with E-state index < -0.39 is 12.7 Å². The van der Waals surface area contributed by atoms with Gasteiger partial charge in [0.05, 0.1) is 12.8 Å². The van der Waals surface area contributed by atoms with E-state index in [4.69, 9.17) is 5.11 Å². The molecule has 0 radical (unpaired) electrons. The Morgan fingerprint density at radius 1 is 1.08 bits per heavy atom. The topological polar surface area (TPSA) is 119 Å². The van der Waals surface area contributed by atoms with Crippen molar-refractivity contribution in [1.29, 1.82) is 0 Å². The summed E-state index contributed by atoms with van der Waals surface area (Å²) in [5.74, 6) is 1.26. The van der Waals surface area contributed by atoms with Crippen molar-refractivity contribution < 1.29 is 10.2 Å². The van der Waals surface area contributed by atoms with Crippen LogP contribution in [-0.4, -0.2) is 57.2 Å². The van der Waals surface area contributed by atoms with Crippen LogP contribution in [0.5, 0.6) is 0 Å². The second kappa shape index (κ2) is 9.07. The summed E-state index contributed by atoms with van der Waals surface area (Å²) in [7, 11) is 0. The van der Waals surface area contributed by atoms with Crippen LogP contribution >= 0.6 is 0 Å². The number of hydrogen-bond acceptors (Lipinski definition) is 9. The van der Waals surface area contributed by atoms with Gasteiger partial charge in [-0.25, -0.2) is 5.43 Å². The molecular formula is C17H23N7O2. The number of aromatic nitrogens is 3. The standard InChI is InChI=1S/C17H23N7O2/c25-12-14(26)11-18-23-16-20-15(19-13-7-3-1-4-8-13)21-17(22-16)24-9-5-2-6-10-24/h1,3-4,7-8,11,14,25-26H,2,5-6,9-10,12H2,(H2,19,20,21,22,23)/b18-11-/t14-/m1/s1. The minimum Gasteiger partial charge on any atom is -0.393 e. The Labute approximate surface area is 151 Å². The van der Waals surface area contributed by atoms with E-state index in [2.05, 4.69) is 35.7 Å². The maximum absolute atomic E-state index is 9.33. The van der Waals surface area contributed by atoms with Crippen molar-refractivity contribution in [2.75, 3.05) is 35.3 Å². The van der Waals surface area contributed by atoms with Crippen molar-refractivity contribution in [2.24, 2.45) is 5.10 Å². The molecule has 9 nitrogen and oxygen atoms in total. The van der Waals surface area contributed by atoms with Gasteiger partial charge in [0, 0.05) is 18.8 Å². The van der Waals surface area contributed by atoms with E-state index in [1.54, 1.807) is 0 Å². The van der Waals surface area contributed by atoms with Gasteiger partial charge >= 0.3 is 0 Å². The molecule has 0 spiro atoms. The summed E-state index contributed by atoms with van der Waals surface area (Å²) in [6.45, 7) is 1.41. The molecule has 0 unspecified atom stereocenters. The lowest BCUT2D eigenvalue weighted by Gasteiger charge is -2.26. The Bertz CT molecular complexity index is 720. The van der Waals surface area contributed by atoms with E-state index in [9.17, 15) is 5.11 Å². The summed E-state index contributed by atoms with van der Waals surface area (Å²) in [5.41, 5.74) is 3.55. The van der Waals surface area contributed by atoms with Gasteiger partial charge in [-0.1, -0.05) is 18.2 Å². The Morgan fingerprint density at radius 3 is 2.54 bits per heavy atom. The van der Waals surface area contributed by atoms with Crippen molar-refractivity contribution in [3.8, 4) is 0 Å². The Morgan fingerprint density at radius 2 is 1.81 bits per heavy atom. The lowest BCUT2D eigenvalue weighted by atomic mass is 10.1. The number of nitrogens with zero attached hydrogens (tertiary/aromatic N) is 5. The van der Waals surface area contributed by atoms with Gasteiger partial charge in [0.25, 0.3) is 0 Å². The normalized spacial score (nSPS) is 15.8. The molecule has 9 heteroatoms.